The van der Waals surface area contributed by atoms with Gasteiger partial charge in [0.25, 0.3) is 5.91 Å². The van der Waals surface area contributed by atoms with Gasteiger partial charge in [0.1, 0.15) is 5.76 Å². The van der Waals surface area contributed by atoms with Gasteiger partial charge in [0.2, 0.25) is 0 Å². The Labute approximate surface area is 180 Å². The topological polar surface area (TPSA) is 91.4 Å². The van der Waals surface area contributed by atoms with Crippen molar-refractivity contribution in [1.29, 1.82) is 0 Å². The van der Waals surface area contributed by atoms with Gasteiger partial charge in [-0.1, -0.05) is 6.07 Å². The zero-order chi connectivity index (χ0) is 21.4. The fourth-order valence-corrected chi connectivity index (χ4v) is 4.26. The number of pyridine rings is 1. The summed E-state index contributed by atoms with van der Waals surface area (Å²) in [4.78, 5) is 17.2. The van der Waals surface area contributed by atoms with Gasteiger partial charge < -0.3 is 19.2 Å². The molecule has 1 N–H and O–H groups in total. The second kappa shape index (κ2) is 8.28. The highest BCUT2D eigenvalue weighted by Crippen LogP contribution is 2.38. The molecule has 31 heavy (non-hydrogen) atoms. The highest BCUT2D eigenvalue weighted by molar-refractivity contribution is 5.95. The van der Waals surface area contributed by atoms with E-state index >= 15 is 0 Å². The average molecular weight is 422 g/mol. The molecule has 2 aliphatic rings. The first-order valence-electron chi connectivity index (χ1n) is 10.7. The zero-order valence-electron chi connectivity index (χ0n) is 17.8. The Morgan fingerprint density at radius 2 is 2.19 bits per heavy atom. The third kappa shape index (κ3) is 3.88. The minimum atomic E-state index is -0.229. The van der Waals surface area contributed by atoms with Crippen LogP contribution in [0.3, 0.4) is 0 Å². The van der Waals surface area contributed by atoms with E-state index in [0.717, 1.165) is 46.7 Å². The summed E-state index contributed by atoms with van der Waals surface area (Å²) in [6.07, 6.45) is 5.37. The quantitative estimate of drug-likeness (QED) is 0.679. The van der Waals surface area contributed by atoms with Crippen molar-refractivity contribution in [3.05, 3.63) is 58.4 Å². The first-order valence-corrected chi connectivity index (χ1v) is 10.7. The molecule has 4 heterocycles. The van der Waals surface area contributed by atoms with Gasteiger partial charge in [0.05, 0.1) is 38.2 Å². The first kappa shape index (κ1) is 20.0. The normalized spacial score (nSPS) is 17.8. The van der Waals surface area contributed by atoms with Crippen LogP contribution in [-0.4, -0.2) is 53.1 Å². The second-order valence-corrected chi connectivity index (χ2v) is 8.08. The molecule has 0 spiro atoms. The summed E-state index contributed by atoms with van der Waals surface area (Å²) in [6.45, 7) is 6.64. The Balaban J connectivity index is 1.37. The summed E-state index contributed by atoms with van der Waals surface area (Å²) in [7, 11) is 0. The van der Waals surface area contributed by atoms with Crippen LogP contribution in [0.25, 0.3) is 11.3 Å². The van der Waals surface area contributed by atoms with Gasteiger partial charge in [-0.15, -0.1) is 0 Å². The van der Waals surface area contributed by atoms with Crippen LogP contribution in [0, 0.1) is 13.8 Å². The molecule has 0 radical (unpaired) electrons. The number of fused-ring (bicyclic) bond motifs is 3. The Morgan fingerprint density at radius 3 is 3.00 bits per heavy atom. The number of carbonyl (C=O) groups excluding carboxylic acids is 1. The highest BCUT2D eigenvalue weighted by atomic mass is 16.6. The number of aromatic nitrogens is 3. The monoisotopic (exact) mass is 422 g/mol. The molecule has 1 aliphatic heterocycles. The molecule has 8 heteroatoms. The molecule has 0 bridgehead atoms. The summed E-state index contributed by atoms with van der Waals surface area (Å²) < 4.78 is 18.9. The Bertz CT molecular complexity index is 1110. The van der Waals surface area contributed by atoms with Gasteiger partial charge in [-0.3, -0.25) is 14.5 Å². The maximum absolute atomic E-state index is 12.8. The second-order valence-electron chi connectivity index (χ2n) is 8.08. The van der Waals surface area contributed by atoms with E-state index in [4.69, 9.17) is 19.0 Å². The van der Waals surface area contributed by atoms with Crippen molar-refractivity contribution in [2.24, 2.45) is 0 Å². The number of nitrogens with zero attached hydrogens (tertiary/aromatic N) is 3. The largest absolute Gasteiger partial charge is 0.455 e. The van der Waals surface area contributed by atoms with Crippen LogP contribution in [0.1, 0.15) is 38.7 Å². The van der Waals surface area contributed by atoms with Crippen molar-refractivity contribution in [3.63, 3.8) is 0 Å². The fraction of sp³-hybridized carbons (Fsp3) is 0.435. The molecule has 162 valence electrons. The molecule has 1 amide bonds. The molecule has 0 unspecified atom stereocenters. The van der Waals surface area contributed by atoms with Crippen molar-refractivity contribution < 1.29 is 18.7 Å². The summed E-state index contributed by atoms with van der Waals surface area (Å²) in [5.74, 6) is 0.954. The van der Waals surface area contributed by atoms with E-state index in [1.807, 2.05) is 24.6 Å². The molecular weight excluding hydrogens is 396 g/mol. The van der Waals surface area contributed by atoms with E-state index in [0.29, 0.717) is 38.7 Å². The van der Waals surface area contributed by atoms with E-state index in [1.165, 1.54) is 5.56 Å². The summed E-state index contributed by atoms with van der Waals surface area (Å²) in [5.41, 5.74) is 6.01. The fourth-order valence-electron chi connectivity index (χ4n) is 4.26. The van der Waals surface area contributed by atoms with E-state index in [-0.39, 0.29) is 12.0 Å². The number of rotatable bonds is 5. The van der Waals surface area contributed by atoms with Crippen LogP contribution in [0.5, 0.6) is 0 Å². The van der Waals surface area contributed by atoms with Crippen LogP contribution in [0.4, 0.5) is 0 Å². The standard InChI is InChI=1S/C23H26N4O4/c1-14-20-19(31-22(14)23(28)25-10-18-13-29-8-9-30-18)6-5-17-12-27(26-21(17)20)11-16-4-3-7-24-15(16)2/h3-4,7,12,18H,5-6,8-11,13H2,1-2H3,(H,25,28)/t18-/m1/s1. The average Bonchev–Trinajstić information content (AvgIpc) is 3.34. The van der Waals surface area contributed by atoms with Crippen LogP contribution in [0.2, 0.25) is 0 Å². The maximum atomic E-state index is 12.8. The lowest BCUT2D eigenvalue weighted by Crippen LogP contribution is -2.39. The molecule has 0 saturated carbocycles. The molecule has 0 aromatic carbocycles. The smallest absolute Gasteiger partial charge is 0.287 e. The number of aryl methyl sites for hydroxylation is 3. The number of hydrogen-bond donors (Lipinski definition) is 1. The molecule has 1 atom stereocenters. The number of hydrogen-bond acceptors (Lipinski definition) is 6. The van der Waals surface area contributed by atoms with Crippen molar-refractivity contribution in [1.82, 2.24) is 20.1 Å². The van der Waals surface area contributed by atoms with Crippen LogP contribution in [-0.2, 0) is 28.9 Å². The molecule has 1 aliphatic carbocycles. The molecule has 3 aromatic heterocycles. The van der Waals surface area contributed by atoms with E-state index in [9.17, 15) is 4.79 Å². The molecule has 1 saturated heterocycles. The lowest BCUT2D eigenvalue weighted by atomic mass is 9.93. The van der Waals surface area contributed by atoms with E-state index < -0.39 is 0 Å². The zero-order valence-corrected chi connectivity index (χ0v) is 17.8. The van der Waals surface area contributed by atoms with Crippen molar-refractivity contribution in [2.45, 2.75) is 39.3 Å². The van der Waals surface area contributed by atoms with E-state index in [1.54, 1.807) is 6.20 Å². The van der Waals surface area contributed by atoms with Crippen LogP contribution < -0.4 is 5.32 Å². The Kier molecular flexibility index (Phi) is 5.33. The number of carbonyl (C=O) groups is 1. The van der Waals surface area contributed by atoms with Gasteiger partial charge in [0.15, 0.2) is 5.76 Å². The number of ether oxygens (including phenoxy) is 2. The summed E-state index contributed by atoms with van der Waals surface area (Å²) in [6, 6.07) is 4.01. The molecular formula is C23H26N4O4. The SMILES string of the molecule is Cc1ncccc1Cn1cc2c(n1)-c1c(oc(C(=O)NC[C@@H]3COCCO3)c1C)CC2. The van der Waals surface area contributed by atoms with Crippen molar-refractivity contribution >= 4 is 5.91 Å². The van der Waals surface area contributed by atoms with Crippen LogP contribution >= 0.6 is 0 Å². The third-order valence-electron chi connectivity index (χ3n) is 5.95. The first-order chi connectivity index (χ1) is 15.1. The molecule has 1 fully saturated rings. The molecule has 3 aromatic rings. The minimum Gasteiger partial charge on any atom is -0.455 e. The lowest BCUT2D eigenvalue weighted by Gasteiger charge is -2.22. The molecule has 5 rings (SSSR count). The van der Waals surface area contributed by atoms with Crippen molar-refractivity contribution in [3.8, 4) is 11.3 Å². The third-order valence-corrected chi connectivity index (χ3v) is 5.95. The van der Waals surface area contributed by atoms with Crippen LogP contribution in [0.15, 0.2) is 28.9 Å². The van der Waals surface area contributed by atoms with Gasteiger partial charge in [-0.25, -0.2) is 0 Å². The predicted octanol–water partition coefficient (Wildman–Crippen LogP) is 2.45. The van der Waals surface area contributed by atoms with Gasteiger partial charge in [0, 0.05) is 42.2 Å². The van der Waals surface area contributed by atoms with E-state index in [2.05, 4.69) is 22.6 Å². The summed E-state index contributed by atoms with van der Waals surface area (Å²) in [5, 5.41) is 7.76. The van der Waals surface area contributed by atoms with Gasteiger partial charge in [-0.05, 0) is 37.5 Å². The maximum Gasteiger partial charge on any atom is 0.287 e. The predicted molar refractivity (Wildman–Crippen MR) is 113 cm³/mol. The lowest BCUT2D eigenvalue weighted by molar-refractivity contribution is -0.0856. The molecule has 8 nitrogen and oxygen atoms in total. The Hall–Kier alpha value is -2.97. The van der Waals surface area contributed by atoms with Gasteiger partial charge >= 0.3 is 0 Å². The number of amides is 1. The highest BCUT2D eigenvalue weighted by Gasteiger charge is 2.30. The van der Waals surface area contributed by atoms with Gasteiger partial charge in [-0.2, -0.15) is 5.10 Å². The number of nitrogens with one attached hydrogen (secondary N) is 1. The summed E-state index contributed by atoms with van der Waals surface area (Å²) >= 11 is 0. The number of furan rings is 1. The minimum absolute atomic E-state index is 0.124. The van der Waals surface area contributed by atoms with Crippen molar-refractivity contribution in [2.75, 3.05) is 26.4 Å². The Morgan fingerprint density at radius 1 is 1.29 bits per heavy atom.